The third kappa shape index (κ3) is 4.03. The van der Waals surface area contributed by atoms with E-state index < -0.39 is 0 Å². The molecule has 0 atom stereocenters. The number of nitrogens with zero attached hydrogens (tertiary/aromatic N) is 2. The lowest BCUT2D eigenvalue weighted by molar-refractivity contribution is 0.102. The van der Waals surface area contributed by atoms with Gasteiger partial charge in [0.05, 0.1) is 30.0 Å². The zero-order valence-electron chi connectivity index (χ0n) is 15.9. The maximum Gasteiger partial charge on any atom is 0.326 e. The lowest BCUT2D eigenvalue weighted by Crippen LogP contribution is -2.17. The highest BCUT2D eigenvalue weighted by molar-refractivity contribution is 6.05. The lowest BCUT2D eigenvalue weighted by atomic mass is 10.1. The van der Waals surface area contributed by atoms with Gasteiger partial charge in [0.2, 0.25) is 5.88 Å². The minimum absolute atomic E-state index is 0.187. The third-order valence-corrected chi connectivity index (χ3v) is 4.71. The van der Waals surface area contributed by atoms with E-state index in [1.807, 2.05) is 30.3 Å². The Bertz CT molecular complexity index is 1190. The Kier molecular flexibility index (Phi) is 5.11. The molecule has 2 N–H and O–H groups in total. The van der Waals surface area contributed by atoms with Crippen molar-refractivity contribution in [3.05, 3.63) is 88.5 Å². The fourth-order valence-electron chi connectivity index (χ4n) is 3.19. The zero-order valence-corrected chi connectivity index (χ0v) is 15.9. The van der Waals surface area contributed by atoms with Crippen molar-refractivity contribution in [3.8, 4) is 5.88 Å². The molecule has 0 aliphatic carbocycles. The molecule has 2 aromatic heterocycles. The van der Waals surface area contributed by atoms with E-state index in [9.17, 15) is 9.59 Å². The first-order valence-corrected chi connectivity index (χ1v) is 9.22. The van der Waals surface area contributed by atoms with Gasteiger partial charge in [-0.25, -0.2) is 9.78 Å². The predicted octanol–water partition coefficient (Wildman–Crippen LogP) is 3.23. The third-order valence-electron chi connectivity index (χ3n) is 4.71. The number of H-pyrrole nitrogens is 1. The molecule has 2 aromatic carbocycles. The summed E-state index contributed by atoms with van der Waals surface area (Å²) in [5.74, 6) is 0.190. The molecule has 0 bridgehead atoms. The zero-order chi connectivity index (χ0) is 20.2. The van der Waals surface area contributed by atoms with Gasteiger partial charge in [-0.2, -0.15) is 0 Å². The Morgan fingerprint density at radius 1 is 1.14 bits per heavy atom. The minimum Gasteiger partial charge on any atom is -0.481 e. The van der Waals surface area contributed by atoms with Gasteiger partial charge in [-0.05, 0) is 36.2 Å². The molecule has 0 saturated heterocycles. The smallest absolute Gasteiger partial charge is 0.326 e. The number of carbonyl (C=O) groups excluding carboxylic acids is 1. The van der Waals surface area contributed by atoms with Gasteiger partial charge < -0.3 is 15.0 Å². The summed E-state index contributed by atoms with van der Waals surface area (Å²) in [5, 5.41) is 2.79. The molecule has 29 heavy (non-hydrogen) atoms. The molecule has 0 unspecified atom stereocenters. The number of aromatic amines is 1. The first kappa shape index (κ1) is 18.5. The average Bonchev–Trinajstić information content (AvgIpc) is 3.07. The van der Waals surface area contributed by atoms with Crippen LogP contribution in [0.2, 0.25) is 0 Å². The molecule has 4 rings (SSSR count). The Morgan fingerprint density at radius 2 is 1.97 bits per heavy atom. The van der Waals surface area contributed by atoms with Crippen LogP contribution in [0.5, 0.6) is 5.88 Å². The topological polar surface area (TPSA) is 89.0 Å². The van der Waals surface area contributed by atoms with E-state index in [0.29, 0.717) is 29.2 Å². The molecule has 2 heterocycles. The molecule has 0 aliphatic heterocycles. The van der Waals surface area contributed by atoms with E-state index in [1.165, 1.54) is 13.3 Å². The molecule has 0 saturated carbocycles. The van der Waals surface area contributed by atoms with Gasteiger partial charge in [-0.15, -0.1) is 0 Å². The van der Waals surface area contributed by atoms with Gasteiger partial charge in [-0.1, -0.05) is 30.3 Å². The van der Waals surface area contributed by atoms with E-state index >= 15 is 0 Å². The molecule has 7 heteroatoms. The van der Waals surface area contributed by atoms with Crippen LogP contribution in [0.25, 0.3) is 11.0 Å². The Morgan fingerprint density at radius 3 is 2.69 bits per heavy atom. The fraction of sp³-hybridized carbons (Fsp3) is 0.136. The summed E-state index contributed by atoms with van der Waals surface area (Å²) >= 11 is 0. The van der Waals surface area contributed by atoms with Crippen LogP contribution in [0.15, 0.2) is 71.7 Å². The highest BCUT2D eigenvalue weighted by Crippen LogP contribution is 2.16. The van der Waals surface area contributed by atoms with Gasteiger partial charge >= 0.3 is 5.69 Å². The van der Waals surface area contributed by atoms with Gasteiger partial charge in [-0.3, -0.25) is 9.36 Å². The number of fused-ring (bicyclic) bond motifs is 1. The normalized spacial score (nSPS) is 10.8. The lowest BCUT2D eigenvalue weighted by Gasteiger charge is -2.07. The number of imidazole rings is 1. The second-order valence-electron chi connectivity index (χ2n) is 6.59. The van der Waals surface area contributed by atoms with Crippen molar-refractivity contribution in [3.63, 3.8) is 0 Å². The molecular formula is C22H20N4O3. The monoisotopic (exact) mass is 388 g/mol. The van der Waals surface area contributed by atoms with Crippen molar-refractivity contribution in [2.45, 2.75) is 13.0 Å². The number of hydrogen-bond donors (Lipinski definition) is 2. The van der Waals surface area contributed by atoms with E-state index in [0.717, 1.165) is 17.5 Å². The number of nitrogens with one attached hydrogen (secondary N) is 2. The number of pyridine rings is 1. The number of anilines is 1. The van der Waals surface area contributed by atoms with Crippen LogP contribution in [0.4, 0.5) is 5.69 Å². The summed E-state index contributed by atoms with van der Waals surface area (Å²) in [7, 11) is 1.53. The quantitative estimate of drug-likeness (QED) is 0.531. The first-order chi connectivity index (χ1) is 14.1. The van der Waals surface area contributed by atoms with Crippen LogP contribution in [0, 0.1) is 0 Å². The number of aryl methyl sites for hydroxylation is 2. The van der Waals surface area contributed by atoms with Crippen LogP contribution < -0.4 is 15.7 Å². The highest BCUT2D eigenvalue weighted by Gasteiger charge is 2.12. The van der Waals surface area contributed by atoms with Crippen molar-refractivity contribution in [1.82, 2.24) is 14.5 Å². The number of benzene rings is 2. The maximum absolute atomic E-state index is 12.5. The molecule has 0 aliphatic rings. The second-order valence-corrected chi connectivity index (χ2v) is 6.59. The largest absolute Gasteiger partial charge is 0.481 e. The predicted molar refractivity (Wildman–Crippen MR) is 111 cm³/mol. The first-order valence-electron chi connectivity index (χ1n) is 9.22. The molecule has 7 nitrogen and oxygen atoms in total. The average molecular weight is 388 g/mol. The maximum atomic E-state index is 12.5. The number of amides is 1. The summed E-state index contributed by atoms with van der Waals surface area (Å²) in [6, 6.07) is 18.6. The SMILES string of the molecule is COc1ccc(NC(=O)c2ccc3c(c2)[nH]c(=O)n3CCc2ccccc2)cn1. The minimum atomic E-state index is -0.281. The van der Waals surface area contributed by atoms with Crippen LogP contribution in [0.3, 0.4) is 0 Å². The number of carbonyl (C=O) groups is 1. The van der Waals surface area contributed by atoms with Crippen LogP contribution in [-0.4, -0.2) is 27.6 Å². The van der Waals surface area contributed by atoms with Gasteiger partial charge in [0.15, 0.2) is 0 Å². The van der Waals surface area contributed by atoms with Crippen molar-refractivity contribution in [1.29, 1.82) is 0 Å². The van der Waals surface area contributed by atoms with E-state index in [4.69, 9.17) is 4.74 Å². The number of methoxy groups -OCH3 is 1. The molecule has 0 spiro atoms. The Labute approximate surface area is 167 Å². The Hall–Kier alpha value is -3.87. The van der Waals surface area contributed by atoms with E-state index in [1.54, 1.807) is 34.9 Å². The summed E-state index contributed by atoms with van der Waals surface area (Å²) in [6.07, 6.45) is 2.28. The standard InChI is InChI=1S/C22H20N4O3/c1-29-20-10-8-17(14-23-20)24-21(27)16-7-9-19-18(13-16)25-22(28)26(19)12-11-15-5-3-2-4-6-15/h2-10,13-14H,11-12H2,1H3,(H,24,27)(H,25,28). The van der Waals surface area contributed by atoms with Crippen molar-refractivity contribution in [2.24, 2.45) is 0 Å². The van der Waals surface area contributed by atoms with Crippen LogP contribution in [-0.2, 0) is 13.0 Å². The van der Waals surface area contributed by atoms with E-state index in [-0.39, 0.29) is 11.6 Å². The summed E-state index contributed by atoms with van der Waals surface area (Å²) in [4.78, 5) is 31.8. The van der Waals surface area contributed by atoms with Gasteiger partial charge in [0, 0.05) is 18.2 Å². The number of rotatable bonds is 6. The summed E-state index contributed by atoms with van der Waals surface area (Å²) in [5.41, 5.74) is 3.39. The number of aromatic nitrogens is 3. The van der Waals surface area contributed by atoms with E-state index in [2.05, 4.69) is 15.3 Å². The summed E-state index contributed by atoms with van der Waals surface area (Å²) in [6.45, 7) is 0.561. The Balaban J connectivity index is 1.53. The molecular weight excluding hydrogens is 368 g/mol. The molecule has 4 aromatic rings. The molecule has 1 amide bonds. The highest BCUT2D eigenvalue weighted by atomic mass is 16.5. The number of hydrogen-bond acceptors (Lipinski definition) is 4. The fourth-order valence-corrected chi connectivity index (χ4v) is 3.19. The van der Waals surface area contributed by atoms with Gasteiger partial charge in [0.1, 0.15) is 0 Å². The molecule has 146 valence electrons. The van der Waals surface area contributed by atoms with Crippen LogP contribution in [0.1, 0.15) is 15.9 Å². The second kappa shape index (κ2) is 8.02. The van der Waals surface area contributed by atoms with Crippen molar-refractivity contribution in [2.75, 3.05) is 12.4 Å². The summed E-state index contributed by atoms with van der Waals surface area (Å²) < 4.78 is 6.70. The number of ether oxygens (including phenoxy) is 1. The molecule has 0 radical (unpaired) electrons. The van der Waals surface area contributed by atoms with Crippen molar-refractivity contribution >= 4 is 22.6 Å². The molecule has 0 fully saturated rings. The van der Waals surface area contributed by atoms with Crippen LogP contribution >= 0.6 is 0 Å². The van der Waals surface area contributed by atoms with Crippen molar-refractivity contribution < 1.29 is 9.53 Å². The van der Waals surface area contributed by atoms with Gasteiger partial charge in [0.25, 0.3) is 5.91 Å².